The van der Waals surface area contributed by atoms with Crippen LogP contribution in [0.25, 0.3) is 0 Å². The van der Waals surface area contributed by atoms with Gasteiger partial charge < -0.3 is 15.7 Å². The second-order valence-electron chi connectivity index (χ2n) is 6.91. The van der Waals surface area contributed by atoms with E-state index in [1.807, 2.05) is 0 Å². The number of aliphatic hydroxyl groups excluding tert-OH is 1. The summed E-state index contributed by atoms with van der Waals surface area (Å²) in [4.78, 5) is 12.7. The van der Waals surface area contributed by atoms with Crippen molar-refractivity contribution in [1.29, 1.82) is 0 Å². The van der Waals surface area contributed by atoms with Crippen molar-refractivity contribution in [3.05, 3.63) is 18.0 Å². The Bertz CT molecular complexity index is 518. The Labute approximate surface area is 137 Å². The number of rotatable bonds is 6. The first kappa shape index (κ1) is 16.5. The van der Waals surface area contributed by atoms with Crippen LogP contribution in [0.3, 0.4) is 0 Å². The van der Waals surface area contributed by atoms with E-state index < -0.39 is 0 Å². The molecule has 0 unspecified atom stereocenters. The number of carbonyl (C=O) groups is 1. The van der Waals surface area contributed by atoms with Crippen LogP contribution in [0.5, 0.6) is 0 Å². The average Bonchev–Trinajstić information content (AvgIpc) is 2.99. The fraction of sp³-hybridized carbons (Fsp3) is 0.765. The summed E-state index contributed by atoms with van der Waals surface area (Å²) in [5.74, 6) is 0.876. The number of carbonyl (C=O) groups excluding carboxylic acids is 1. The maximum Gasteiger partial charge on any atom is 0.269 e. The van der Waals surface area contributed by atoms with E-state index in [1.165, 1.54) is 0 Å². The van der Waals surface area contributed by atoms with Crippen LogP contribution in [-0.2, 0) is 6.54 Å². The molecule has 2 fully saturated rings. The molecule has 0 aromatic carbocycles. The van der Waals surface area contributed by atoms with E-state index in [9.17, 15) is 9.90 Å². The van der Waals surface area contributed by atoms with Gasteiger partial charge in [0, 0.05) is 18.8 Å². The number of piperidine rings is 1. The van der Waals surface area contributed by atoms with Gasteiger partial charge in [0.15, 0.2) is 0 Å². The number of aryl methyl sites for hydroxylation is 1. The third-order valence-corrected chi connectivity index (χ3v) is 5.23. The van der Waals surface area contributed by atoms with Gasteiger partial charge in [-0.1, -0.05) is 6.92 Å². The van der Waals surface area contributed by atoms with Gasteiger partial charge in [0.1, 0.15) is 5.69 Å². The molecule has 128 valence electrons. The number of nitrogens with one attached hydrogen (secondary N) is 2. The second kappa shape index (κ2) is 7.45. The standard InChI is InChI=1S/C17H28N4O2/c1-2-9-21-15(5-8-19-21)17(23)20-16(13-10-14(22)11-13)12-3-6-18-7-4-12/h5,8,12-14,16,18,22H,2-4,6-7,9-11H2,1H3,(H,20,23)/t13?,14?,16-/m1/s1. The van der Waals surface area contributed by atoms with Crippen molar-refractivity contribution in [3.8, 4) is 0 Å². The number of aliphatic hydroxyl groups is 1. The molecule has 0 radical (unpaired) electrons. The molecule has 3 rings (SSSR count). The zero-order valence-corrected chi connectivity index (χ0v) is 13.9. The van der Waals surface area contributed by atoms with E-state index in [4.69, 9.17) is 0 Å². The van der Waals surface area contributed by atoms with Gasteiger partial charge in [-0.15, -0.1) is 0 Å². The molecule has 1 atom stereocenters. The Balaban J connectivity index is 1.69. The first-order valence-corrected chi connectivity index (χ1v) is 8.90. The fourth-order valence-corrected chi connectivity index (χ4v) is 3.89. The van der Waals surface area contributed by atoms with Crippen LogP contribution in [0, 0.1) is 11.8 Å². The largest absolute Gasteiger partial charge is 0.393 e. The molecule has 2 aliphatic rings. The minimum Gasteiger partial charge on any atom is -0.393 e. The van der Waals surface area contributed by atoms with Crippen LogP contribution >= 0.6 is 0 Å². The maximum atomic E-state index is 12.7. The molecule has 1 aliphatic carbocycles. The van der Waals surface area contributed by atoms with Crippen LogP contribution in [0.15, 0.2) is 12.3 Å². The molecule has 6 heteroatoms. The summed E-state index contributed by atoms with van der Waals surface area (Å²) in [6, 6.07) is 1.96. The van der Waals surface area contributed by atoms with Gasteiger partial charge in [0.25, 0.3) is 5.91 Å². The molecule has 0 bridgehead atoms. The maximum absolute atomic E-state index is 12.7. The van der Waals surface area contributed by atoms with Gasteiger partial charge in [-0.2, -0.15) is 5.10 Å². The molecule has 3 N–H and O–H groups in total. The predicted octanol–water partition coefficient (Wildman–Crippen LogP) is 1.16. The number of hydrogen-bond donors (Lipinski definition) is 3. The Morgan fingerprint density at radius 3 is 2.83 bits per heavy atom. The quantitative estimate of drug-likeness (QED) is 0.735. The molecule has 23 heavy (non-hydrogen) atoms. The van der Waals surface area contributed by atoms with Gasteiger partial charge in [0.2, 0.25) is 0 Å². The van der Waals surface area contributed by atoms with Crippen molar-refractivity contribution < 1.29 is 9.90 Å². The van der Waals surface area contributed by atoms with Gasteiger partial charge in [-0.25, -0.2) is 0 Å². The third kappa shape index (κ3) is 3.75. The minimum atomic E-state index is -0.188. The summed E-state index contributed by atoms with van der Waals surface area (Å²) in [7, 11) is 0. The highest BCUT2D eigenvalue weighted by Gasteiger charge is 2.39. The first-order chi connectivity index (χ1) is 11.2. The summed E-state index contributed by atoms with van der Waals surface area (Å²) in [5.41, 5.74) is 0.644. The number of hydrogen-bond acceptors (Lipinski definition) is 4. The number of aromatic nitrogens is 2. The van der Waals surface area contributed by atoms with E-state index in [0.717, 1.165) is 51.7 Å². The van der Waals surface area contributed by atoms with Crippen molar-refractivity contribution in [3.63, 3.8) is 0 Å². The van der Waals surface area contributed by atoms with Crippen molar-refractivity contribution in [2.75, 3.05) is 13.1 Å². The molecular formula is C17H28N4O2. The smallest absolute Gasteiger partial charge is 0.269 e. The van der Waals surface area contributed by atoms with Crippen LogP contribution in [0.2, 0.25) is 0 Å². The van der Waals surface area contributed by atoms with Gasteiger partial charge >= 0.3 is 0 Å². The molecule has 1 aliphatic heterocycles. The van der Waals surface area contributed by atoms with Crippen molar-refractivity contribution >= 4 is 5.91 Å². The first-order valence-electron chi connectivity index (χ1n) is 8.90. The number of amides is 1. The molecule has 1 saturated carbocycles. The van der Waals surface area contributed by atoms with E-state index in [2.05, 4.69) is 22.7 Å². The van der Waals surface area contributed by atoms with Crippen molar-refractivity contribution in [2.24, 2.45) is 11.8 Å². The van der Waals surface area contributed by atoms with Gasteiger partial charge in [0.05, 0.1) is 6.10 Å². The van der Waals surface area contributed by atoms with Crippen molar-refractivity contribution in [2.45, 2.75) is 57.7 Å². The van der Waals surface area contributed by atoms with Crippen molar-refractivity contribution in [1.82, 2.24) is 20.4 Å². The number of nitrogens with zero attached hydrogens (tertiary/aromatic N) is 2. The van der Waals surface area contributed by atoms with Crippen LogP contribution in [-0.4, -0.2) is 46.0 Å². The van der Waals surface area contributed by atoms with Crippen LogP contribution in [0.1, 0.15) is 49.5 Å². The second-order valence-corrected chi connectivity index (χ2v) is 6.91. The highest BCUT2D eigenvalue weighted by atomic mass is 16.3. The Morgan fingerprint density at radius 1 is 1.43 bits per heavy atom. The summed E-state index contributed by atoms with van der Waals surface area (Å²) < 4.78 is 1.78. The Kier molecular flexibility index (Phi) is 5.33. The van der Waals surface area contributed by atoms with Crippen LogP contribution in [0.4, 0.5) is 0 Å². The normalized spacial score (nSPS) is 26.5. The Morgan fingerprint density at radius 2 is 2.17 bits per heavy atom. The Hall–Kier alpha value is -1.40. The molecule has 0 spiro atoms. The highest BCUT2D eigenvalue weighted by molar-refractivity contribution is 5.92. The highest BCUT2D eigenvalue weighted by Crippen LogP contribution is 2.35. The topological polar surface area (TPSA) is 79.2 Å². The third-order valence-electron chi connectivity index (χ3n) is 5.23. The lowest BCUT2D eigenvalue weighted by Gasteiger charge is -2.43. The minimum absolute atomic E-state index is 0.0270. The lowest BCUT2D eigenvalue weighted by Crippen LogP contribution is -2.53. The summed E-state index contributed by atoms with van der Waals surface area (Å²) in [6.07, 6.45) is 6.25. The van der Waals surface area contributed by atoms with E-state index in [1.54, 1.807) is 16.9 Å². The SMILES string of the molecule is CCCn1nccc1C(=O)N[C@H](C1CCNCC1)C1CC(O)C1. The molecule has 1 aromatic heterocycles. The molecular weight excluding hydrogens is 292 g/mol. The van der Waals surface area contributed by atoms with E-state index in [0.29, 0.717) is 17.5 Å². The lowest BCUT2D eigenvalue weighted by atomic mass is 9.71. The fourth-order valence-electron chi connectivity index (χ4n) is 3.89. The van der Waals surface area contributed by atoms with Gasteiger partial charge in [-0.3, -0.25) is 9.48 Å². The molecule has 2 heterocycles. The van der Waals surface area contributed by atoms with Crippen LogP contribution < -0.4 is 10.6 Å². The predicted molar refractivity (Wildman–Crippen MR) is 88.1 cm³/mol. The van der Waals surface area contributed by atoms with E-state index >= 15 is 0 Å². The zero-order chi connectivity index (χ0) is 16.2. The summed E-state index contributed by atoms with van der Waals surface area (Å²) in [6.45, 7) is 4.87. The van der Waals surface area contributed by atoms with Gasteiger partial charge in [-0.05, 0) is 63.1 Å². The molecule has 1 amide bonds. The molecule has 1 aromatic rings. The summed E-state index contributed by atoms with van der Waals surface area (Å²) in [5, 5.41) is 20.6. The van der Waals surface area contributed by atoms with E-state index in [-0.39, 0.29) is 18.1 Å². The molecule has 6 nitrogen and oxygen atoms in total. The summed E-state index contributed by atoms with van der Waals surface area (Å²) >= 11 is 0. The monoisotopic (exact) mass is 320 g/mol. The molecule has 1 saturated heterocycles. The lowest BCUT2D eigenvalue weighted by molar-refractivity contribution is 0.00906. The average molecular weight is 320 g/mol. The zero-order valence-electron chi connectivity index (χ0n) is 13.9.